The number of ether oxygens (including phenoxy) is 1. The molecule has 1 aromatic heterocycles. The second-order valence-corrected chi connectivity index (χ2v) is 5.53. The monoisotopic (exact) mass is 274 g/mol. The van der Waals surface area contributed by atoms with Crippen LogP contribution in [0.15, 0.2) is 27.7 Å². The van der Waals surface area contributed by atoms with Crippen molar-refractivity contribution in [3.63, 3.8) is 0 Å². The van der Waals surface area contributed by atoms with Crippen molar-refractivity contribution >= 4 is 5.97 Å². The SMILES string of the molecule is CC(=O)Oc1oc2c(c1C)C/C=C(\C)CC/C=C(\C)C2. The molecule has 108 valence electrons. The number of rotatable bonds is 1. The molecule has 20 heavy (non-hydrogen) atoms. The second-order valence-electron chi connectivity index (χ2n) is 5.53. The highest BCUT2D eigenvalue weighted by Gasteiger charge is 2.19. The highest BCUT2D eigenvalue weighted by atomic mass is 16.6. The summed E-state index contributed by atoms with van der Waals surface area (Å²) >= 11 is 0. The fourth-order valence-electron chi connectivity index (χ4n) is 2.47. The third-order valence-corrected chi connectivity index (χ3v) is 3.67. The van der Waals surface area contributed by atoms with E-state index in [2.05, 4.69) is 26.0 Å². The molecule has 2 rings (SSSR count). The first-order chi connectivity index (χ1) is 9.47. The van der Waals surface area contributed by atoms with Gasteiger partial charge in [0.05, 0.1) is 0 Å². The third-order valence-electron chi connectivity index (χ3n) is 3.67. The summed E-state index contributed by atoms with van der Waals surface area (Å²) in [6.45, 7) is 7.62. The molecule has 0 N–H and O–H groups in total. The largest absolute Gasteiger partial charge is 0.430 e. The molecule has 1 aliphatic carbocycles. The van der Waals surface area contributed by atoms with Crippen LogP contribution >= 0.6 is 0 Å². The molecule has 0 aliphatic heterocycles. The van der Waals surface area contributed by atoms with Crippen molar-refractivity contribution in [2.75, 3.05) is 0 Å². The number of esters is 1. The lowest BCUT2D eigenvalue weighted by Crippen LogP contribution is -2.01. The average molecular weight is 274 g/mol. The number of furan rings is 1. The molecule has 0 fully saturated rings. The molecular formula is C17H22O3. The molecule has 3 heteroatoms. The van der Waals surface area contributed by atoms with E-state index in [-0.39, 0.29) is 5.97 Å². The van der Waals surface area contributed by atoms with Crippen molar-refractivity contribution in [2.24, 2.45) is 0 Å². The van der Waals surface area contributed by atoms with Gasteiger partial charge >= 0.3 is 5.97 Å². The van der Waals surface area contributed by atoms with Gasteiger partial charge in [0.15, 0.2) is 0 Å². The van der Waals surface area contributed by atoms with Crippen molar-refractivity contribution in [3.05, 3.63) is 40.2 Å². The number of carbonyl (C=O) groups is 1. The molecule has 3 nitrogen and oxygen atoms in total. The molecule has 1 heterocycles. The van der Waals surface area contributed by atoms with E-state index in [0.717, 1.165) is 42.6 Å². The molecule has 0 amide bonds. The lowest BCUT2D eigenvalue weighted by molar-refractivity contribution is -0.133. The number of carbonyl (C=O) groups excluding carboxylic acids is 1. The second kappa shape index (κ2) is 6.12. The van der Waals surface area contributed by atoms with Crippen LogP contribution in [0.2, 0.25) is 0 Å². The van der Waals surface area contributed by atoms with Gasteiger partial charge in [-0.25, -0.2) is 0 Å². The number of allylic oxidation sites excluding steroid dienone is 4. The van der Waals surface area contributed by atoms with Crippen molar-refractivity contribution < 1.29 is 13.9 Å². The maximum absolute atomic E-state index is 11.1. The Morgan fingerprint density at radius 3 is 2.65 bits per heavy atom. The van der Waals surface area contributed by atoms with Gasteiger partial charge in [-0.05, 0) is 40.0 Å². The van der Waals surface area contributed by atoms with Crippen LogP contribution in [0.4, 0.5) is 0 Å². The topological polar surface area (TPSA) is 39.4 Å². The van der Waals surface area contributed by atoms with Gasteiger partial charge in [0.2, 0.25) is 0 Å². The van der Waals surface area contributed by atoms with E-state index in [4.69, 9.17) is 9.15 Å². The molecule has 0 atom stereocenters. The van der Waals surface area contributed by atoms with E-state index in [1.54, 1.807) is 0 Å². The van der Waals surface area contributed by atoms with Crippen molar-refractivity contribution in [2.45, 2.75) is 53.4 Å². The van der Waals surface area contributed by atoms with E-state index < -0.39 is 0 Å². The first-order valence-corrected chi connectivity index (χ1v) is 7.08. The fourth-order valence-corrected chi connectivity index (χ4v) is 2.47. The Kier molecular flexibility index (Phi) is 4.48. The van der Waals surface area contributed by atoms with Gasteiger partial charge in [-0.15, -0.1) is 0 Å². The summed E-state index contributed by atoms with van der Waals surface area (Å²) in [6, 6.07) is 0. The number of hydrogen-bond donors (Lipinski definition) is 0. The molecule has 0 radical (unpaired) electrons. The lowest BCUT2D eigenvalue weighted by atomic mass is 9.98. The standard InChI is InChI=1S/C17H22O3/c1-11-6-5-7-12(2)10-16-15(9-8-11)13(3)17(20-16)19-14(4)18/h7-8H,5-6,9-10H2,1-4H3/b11-8+,12-7+. The summed E-state index contributed by atoms with van der Waals surface area (Å²) < 4.78 is 10.9. The van der Waals surface area contributed by atoms with Gasteiger partial charge in [-0.2, -0.15) is 0 Å². The van der Waals surface area contributed by atoms with Crippen LogP contribution in [0, 0.1) is 6.92 Å². The molecule has 0 bridgehead atoms. The fraction of sp³-hybridized carbons (Fsp3) is 0.471. The van der Waals surface area contributed by atoms with Crippen molar-refractivity contribution in [1.29, 1.82) is 0 Å². The molecule has 0 saturated carbocycles. The Morgan fingerprint density at radius 2 is 1.95 bits per heavy atom. The zero-order chi connectivity index (χ0) is 14.7. The Labute approximate surface area is 120 Å². The summed E-state index contributed by atoms with van der Waals surface area (Å²) in [5.74, 6) is 0.919. The van der Waals surface area contributed by atoms with E-state index in [0.29, 0.717) is 5.95 Å². The molecule has 0 unspecified atom stereocenters. The molecule has 1 aromatic rings. The highest BCUT2D eigenvalue weighted by Crippen LogP contribution is 2.32. The van der Waals surface area contributed by atoms with Crippen molar-refractivity contribution in [3.8, 4) is 5.95 Å². The summed E-state index contributed by atoms with van der Waals surface area (Å²) in [5, 5.41) is 0. The van der Waals surface area contributed by atoms with Gasteiger partial charge < -0.3 is 9.15 Å². The minimum absolute atomic E-state index is 0.344. The van der Waals surface area contributed by atoms with Crippen LogP contribution in [0.1, 0.15) is 50.5 Å². The number of hydrogen-bond acceptors (Lipinski definition) is 3. The Morgan fingerprint density at radius 1 is 1.20 bits per heavy atom. The molecule has 0 saturated heterocycles. The van der Waals surface area contributed by atoms with Crippen LogP contribution in [0.3, 0.4) is 0 Å². The molecule has 1 aliphatic rings. The first-order valence-electron chi connectivity index (χ1n) is 7.08. The summed E-state index contributed by atoms with van der Waals surface area (Å²) in [6.07, 6.45) is 8.29. The zero-order valence-electron chi connectivity index (χ0n) is 12.7. The Bertz CT molecular complexity index is 573. The van der Waals surface area contributed by atoms with Crippen LogP contribution < -0.4 is 4.74 Å². The van der Waals surface area contributed by atoms with Gasteiger partial charge in [0, 0.05) is 24.5 Å². The minimum atomic E-state index is -0.344. The zero-order valence-corrected chi connectivity index (χ0v) is 12.7. The van der Waals surface area contributed by atoms with Crippen LogP contribution in [0.25, 0.3) is 0 Å². The van der Waals surface area contributed by atoms with Gasteiger partial charge in [-0.1, -0.05) is 23.3 Å². The van der Waals surface area contributed by atoms with Gasteiger partial charge in [-0.3, -0.25) is 4.79 Å². The normalized spacial score (nSPS) is 21.2. The third kappa shape index (κ3) is 3.41. The quantitative estimate of drug-likeness (QED) is 0.566. The first kappa shape index (κ1) is 14.6. The van der Waals surface area contributed by atoms with Crippen molar-refractivity contribution in [1.82, 2.24) is 0 Å². The maximum atomic E-state index is 11.1. The number of fused-ring (bicyclic) bond motifs is 1. The van der Waals surface area contributed by atoms with E-state index >= 15 is 0 Å². The summed E-state index contributed by atoms with van der Waals surface area (Å²) in [7, 11) is 0. The van der Waals surface area contributed by atoms with E-state index in [9.17, 15) is 4.79 Å². The Balaban J connectivity index is 2.42. The summed E-state index contributed by atoms with van der Waals surface area (Å²) in [4.78, 5) is 11.1. The predicted octanol–water partition coefficient (Wildman–Crippen LogP) is 4.28. The Hall–Kier alpha value is -1.77. The van der Waals surface area contributed by atoms with Crippen LogP contribution in [-0.4, -0.2) is 5.97 Å². The lowest BCUT2D eigenvalue weighted by Gasteiger charge is -2.06. The maximum Gasteiger partial charge on any atom is 0.310 e. The molecule has 0 aromatic carbocycles. The van der Waals surface area contributed by atoms with Crippen LogP contribution in [-0.2, 0) is 17.6 Å². The van der Waals surface area contributed by atoms with E-state index in [1.807, 2.05) is 6.92 Å². The smallest absolute Gasteiger partial charge is 0.310 e. The molecular weight excluding hydrogens is 252 g/mol. The molecule has 0 spiro atoms. The average Bonchev–Trinajstić information content (AvgIpc) is 2.62. The van der Waals surface area contributed by atoms with Crippen LogP contribution in [0.5, 0.6) is 5.95 Å². The van der Waals surface area contributed by atoms with Gasteiger partial charge in [0.25, 0.3) is 5.95 Å². The van der Waals surface area contributed by atoms with E-state index in [1.165, 1.54) is 18.1 Å². The van der Waals surface area contributed by atoms with Gasteiger partial charge in [0.1, 0.15) is 5.76 Å². The minimum Gasteiger partial charge on any atom is -0.430 e. The summed E-state index contributed by atoms with van der Waals surface area (Å²) in [5.41, 5.74) is 4.77. The predicted molar refractivity (Wildman–Crippen MR) is 78.9 cm³/mol. The highest BCUT2D eigenvalue weighted by molar-refractivity contribution is 5.69.